The van der Waals surface area contributed by atoms with Crippen LogP contribution in [0, 0.1) is 0 Å². The number of amides is 1. The molecule has 2 aromatic rings. The zero-order valence-corrected chi connectivity index (χ0v) is 15.8. The average molecular weight is 371 g/mol. The Bertz CT molecular complexity index is 806. The lowest BCUT2D eigenvalue weighted by Crippen LogP contribution is -2.44. The summed E-state index contributed by atoms with van der Waals surface area (Å²) in [5, 5.41) is 16.4. The van der Waals surface area contributed by atoms with E-state index in [-0.39, 0.29) is 13.2 Å². The van der Waals surface area contributed by atoms with Crippen LogP contribution in [-0.4, -0.2) is 46.0 Å². The van der Waals surface area contributed by atoms with E-state index in [1.54, 1.807) is 10.9 Å². The van der Waals surface area contributed by atoms with Gasteiger partial charge in [-0.1, -0.05) is 45.0 Å². The number of nitrogens with one attached hydrogen (secondary N) is 1. The van der Waals surface area contributed by atoms with Crippen LogP contribution in [0.25, 0.3) is 5.69 Å². The lowest BCUT2D eigenvalue weighted by molar-refractivity contribution is -0.140. The van der Waals surface area contributed by atoms with Gasteiger partial charge in [0, 0.05) is 11.6 Å². The number of rotatable bonds is 8. The first-order valence-corrected chi connectivity index (χ1v) is 8.62. The van der Waals surface area contributed by atoms with Crippen molar-refractivity contribution in [2.24, 2.45) is 0 Å². The molecule has 0 saturated carbocycles. The standard InChI is InChI=1S/C20H25N3O4/c1-5-11-27-13-16(19(25)26)21-18(24)15-12-23(14-9-7-6-8-10-14)22-17(15)20(2,3)4/h5-10,12,16H,1,11,13H2,2-4H3,(H,21,24)(H,25,26). The number of para-hydroxylation sites is 1. The Balaban J connectivity index is 2.32. The molecule has 0 aliphatic rings. The summed E-state index contributed by atoms with van der Waals surface area (Å²) in [4.78, 5) is 24.2. The smallest absolute Gasteiger partial charge is 0.328 e. The molecule has 1 aromatic carbocycles. The Morgan fingerprint density at radius 2 is 2.00 bits per heavy atom. The number of ether oxygens (including phenoxy) is 1. The molecule has 2 N–H and O–H groups in total. The third kappa shape index (κ3) is 5.27. The Hall–Kier alpha value is -2.93. The fraction of sp³-hybridized carbons (Fsp3) is 0.350. The fourth-order valence-corrected chi connectivity index (χ4v) is 2.49. The normalized spacial score (nSPS) is 12.4. The Morgan fingerprint density at radius 3 is 2.56 bits per heavy atom. The molecule has 1 heterocycles. The molecule has 7 heteroatoms. The molecule has 0 radical (unpaired) electrons. The Kier molecular flexibility index (Phi) is 6.52. The van der Waals surface area contributed by atoms with Gasteiger partial charge in [-0.15, -0.1) is 6.58 Å². The number of aromatic nitrogens is 2. The molecule has 1 unspecified atom stereocenters. The molecule has 0 saturated heterocycles. The van der Waals surface area contributed by atoms with Gasteiger partial charge in [-0.2, -0.15) is 5.10 Å². The van der Waals surface area contributed by atoms with Crippen molar-refractivity contribution in [2.45, 2.75) is 32.2 Å². The molecule has 0 fully saturated rings. The van der Waals surface area contributed by atoms with E-state index in [0.717, 1.165) is 5.69 Å². The maximum Gasteiger partial charge on any atom is 0.328 e. The maximum atomic E-state index is 12.8. The van der Waals surface area contributed by atoms with Crippen molar-refractivity contribution in [1.82, 2.24) is 15.1 Å². The van der Waals surface area contributed by atoms with E-state index in [1.807, 2.05) is 51.1 Å². The van der Waals surface area contributed by atoms with E-state index in [2.05, 4.69) is 17.0 Å². The molecule has 1 aromatic heterocycles. The third-order valence-electron chi connectivity index (χ3n) is 3.81. The molecular formula is C20H25N3O4. The second kappa shape index (κ2) is 8.64. The van der Waals surface area contributed by atoms with Gasteiger partial charge >= 0.3 is 5.97 Å². The summed E-state index contributed by atoms with van der Waals surface area (Å²) in [6.07, 6.45) is 3.14. The highest BCUT2D eigenvalue weighted by Crippen LogP contribution is 2.25. The van der Waals surface area contributed by atoms with Crippen LogP contribution in [0.15, 0.2) is 49.2 Å². The second-order valence-corrected chi connectivity index (χ2v) is 7.11. The van der Waals surface area contributed by atoms with E-state index in [9.17, 15) is 14.7 Å². The average Bonchev–Trinajstić information content (AvgIpc) is 3.07. The molecule has 2 rings (SSSR count). The van der Waals surface area contributed by atoms with Crippen LogP contribution in [0.3, 0.4) is 0 Å². The van der Waals surface area contributed by atoms with E-state index in [4.69, 9.17) is 4.74 Å². The van der Waals surface area contributed by atoms with Gasteiger partial charge in [0.15, 0.2) is 6.04 Å². The minimum atomic E-state index is -1.17. The van der Waals surface area contributed by atoms with Crippen molar-refractivity contribution in [3.8, 4) is 5.69 Å². The molecule has 7 nitrogen and oxygen atoms in total. The van der Waals surface area contributed by atoms with Crippen molar-refractivity contribution in [2.75, 3.05) is 13.2 Å². The van der Waals surface area contributed by atoms with Crippen LogP contribution < -0.4 is 5.32 Å². The van der Waals surface area contributed by atoms with Crippen molar-refractivity contribution in [3.63, 3.8) is 0 Å². The van der Waals surface area contributed by atoms with Gasteiger partial charge in [0.25, 0.3) is 5.91 Å². The lowest BCUT2D eigenvalue weighted by Gasteiger charge is -2.18. The summed E-state index contributed by atoms with van der Waals surface area (Å²) in [6, 6.07) is 8.25. The first-order valence-electron chi connectivity index (χ1n) is 8.62. The van der Waals surface area contributed by atoms with Crippen LogP contribution in [0.2, 0.25) is 0 Å². The molecule has 0 aliphatic carbocycles. The van der Waals surface area contributed by atoms with Gasteiger partial charge in [0.2, 0.25) is 0 Å². The first kappa shape index (κ1) is 20.4. The SMILES string of the molecule is C=CCOCC(NC(=O)c1cn(-c2ccccc2)nc1C(C)(C)C)C(=O)O. The van der Waals surface area contributed by atoms with Gasteiger partial charge < -0.3 is 15.2 Å². The fourth-order valence-electron chi connectivity index (χ4n) is 2.49. The molecule has 27 heavy (non-hydrogen) atoms. The highest BCUT2D eigenvalue weighted by atomic mass is 16.5. The van der Waals surface area contributed by atoms with E-state index in [0.29, 0.717) is 11.3 Å². The van der Waals surface area contributed by atoms with Crippen molar-refractivity contribution < 1.29 is 19.4 Å². The number of carbonyl (C=O) groups is 2. The molecule has 0 aliphatic heterocycles. The highest BCUT2D eigenvalue weighted by Gasteiger charge is 2.29. The summed E-state index contributed by atoms with van der Waals surface area (Å²) in [7, 11) is 0. The minimum Gasteiger partial charge on any atom is -0.480 e. The van der Waals surface area contributed by atoms with E-state index in [1.165, 1.54) is 6.08 Å². The second-order valence-electron chi connectivity index (χ2n) is 7.11. The summed E-state index contributed by atoms with van der Waals surface area (Å²) < 4.78 is 6.81. The Morgan fingerprint density at radius 1 is 1.33 bits per heavy atom. The van der Waals surface area contributed by atoms with Crippen LogP contribution in [0.1, 0.15) is 36.8 Å². The van der Waals surface area contributed by atoms with Crippen LogP contribution in [-0.2, 0) is 14.9 Å². The number of benzene rings is 1. The quantitative estimate of drug-likeness (QED) is 0.549. The molecular weight excluding hydrogens is 346 g/mol. The van der Waals surface area contributed by atoms with Gasteiger partial charge in [0.1, 0.15) is 0 Å². The topological polar surface area (TPSA) is 93.5 Å². The van der Waals surface area contributed by atoms with Crippen molar-refractivity contribution in [1.29, 1.82) is 0 Å². The number of nitrogens with zero attached hydrogens (tertiary/aromatic N) is 2. The predicted molar refractivity (Wildman–Crippen MR) is 102 cm³/mol. The zero-order valence-electron chi connectivity index (χ0n) is 15.8. The Labute approximate surface area is 158 Å². The molecule has 1 amide bonds. The molecule has 144 valence electrons. The summed E-state index contributed by atoms with van der Waals surface area (Å²) in [5.41, 5.74) is 1.33. The number of aliphatic carboxylic acids is 1. The minimum absolute atomic E-state index is 0.148. The lowest BCUT2D eigenvalue weighted by atomic mass is 9.89. The van der Waals surface area contributed by atoms with E-state index < -0.39 is 23.3 Å². The van der Waals surface area contributed by atoms with Crippen molar-refractivity contribution in [3.05, 3.63) is 60.4 Å². The number of hydrogen-bond donors (Lipinski definition) is 2. The monoisotopic (exact) mass is 371 g/mol. The van der Waals surface area contributed by atoms with E-state index >= 15 is 0 Å². The maximum absolute atomic E-state index is 12.8. The van der Waals surface area contributed by atoms with Crippen LogP contribution in [0.5, 0.6) is 0 Å². The van der Waals surface area contributed by atoms with Gasteiger partial charge in [-0.25, -0.2) is 9.48 Å². The summed E-state index contributed by atoms with van der Waals surface area (Å²) in [5.74, 6) is -1.67. The van der Waals surface area contributed by atoms with Gasteiger partial charge in [0.05, 0.1) is 30.2 Å². The highest BCUT2D eigenvalue weighted by molar-refractivity contribution is 5.97. The summed E-state index contributed by atoms with van der Waals surface area (Å²) >= 11 is 0. The number of carboxylic acids is 1. The van der Waals surface area contributed by atoms with Gasteiger partial charge in [-0.3, -0.25) is 4.79 Å². The van der Waals surface area contributed by atoms with Crippen molar-refractivity contribution >= 4 is 11.9 Å². The van der Waals surface area contributed by atoms with Crippen LogP contribution >= 0.6 is 0 Å². The molecule has 1 atom stereocenters. The largest absolute Gasteiger partial charge is 0.480 e. The predicted octanol–water partition coefficient (Wildman–Crippen LogP) is 2.56. The van der Waals surface area contributed by atoms with Gasteiger partial charge in [-0.05, 0) is 12.1 Å². The third-order valence-corrected chi connectivity index (χ3v) is 3.81. The zero-order chi connectivity index (χ0) is 20.0. The summed E-state index contributed by atoms with van der Waals surface area (Å²) in [6.45, 7) is 9.41. The molecule has 0 bridgehead atoms. The molecule has 0 spiro atoms. The van der Waals surface area contributed by atoms with Crippen LogP contribution in [0.4, 0.5) is 0 Å². The number of hydrogen-bond acceptors (Lipinski definition) is 4. The number of carbonyl (C=O) groups excluding carboxylic acids is 1. The number of carboxylic acid groups (broad SMARTS) is 1. The first-order chi connectivity index (χ1) is 12.7.